The monoisotopic (exact) mass is 432 g/mol. The predicted octanol–water partition coefficient (Wildman–Crippen LogP) is 4.10. The summed E-state index contributed by atoms with van der Waals surface area (Å²) in [6.07, 6.45) is 3.97. The van der Waals surface area contributed by atoms with E-state index >= 15 is 0 Å². The number of hydrogen-bond donors (Lipinski definition) is 3. The molecule has 2 unspecified atom stereocenters. The van der Waals surface area contributed by atoms with Crippen LogP contribution in [-0.2, 0) is 5.60 Å². The number of hydrogen-bond acceptors (Lipinski definition) is 6. The fourth-order valence-corrected chi connectivity index (χ4v) is 4.67. The predicted molar refractivity (Wildman–Crippen MR) is 124 cm³/mol. The molecule has 3 aromatic rings. The molecule has 7 heteroatoms. The molecule has 32 heavy (non-hydrogen) atoms. The Morgan fingerprint density at radius 2 is 1.72 bits per heavy atom. The summed E-state index contributed by atoms with van der Waals surface area (Å²) in [6.45, 7) is 1.36. The Bertz CT molecular complexity index is 990. The molecule has 0 amide bonds. The van der Waals surface area contributed by atoms with Crippen LogP contribution in [0.4, 0.5) is 11.5 Å². The first-order valence-electron chi connectivity index (χ1n) is 11.0. The number of nitrogens with zero attached hydrogens (tertiary/aromatic N) is 2. The Kier molecular flexibility index (Phi) is 6.78. The number of aromatic nitrogens is 1. The van der Waals surface area contributed by atoms with E-state index in [9.17, 15) is 15.2 Å². The molecular formula is C25H28N4O3. The van der Waals surface area contributed by atoms with Gasteiger partial charge >= 0.3 is 5.69 Å². The molecule has 0 aliphatic carbocycles. The fourth-order valence-electron chi connectivity index (χ4n) is 4.67. The van der Waals surface area contributed by atoms with Crippen LogP contribution in [-0.4, -0.2) is 34.1 Å². The Hall–Kier alpha value is -3.29. The number of nitro groups is 1. The van der Waals surface area contributed by atoms with Gasteiger partial charge in [-0.25, -0.2) is 4.98 Å². The molecule has 1 aromatic heterocycles. The first-order chi connectivity index (χ1) is 15.6. The van der Waals surface area contributed by atoms with Crippen LogP contribution in [0.15, 0.2) is 79.0 Å². The van der Waals surface area contributed by atoms with E-state index in [2.05, 4.69) is 15.6 Å². The van der Waals surface area contributed by atoms with E-state index in [0.29, 0.717) is 6.54 Å². The molecule has 3 N–H and O–H groups in total. The summed E-state index contributed by atoms with van der Waals surface area (Å²) in [5.41, 5.74) is 0.707. The highest BCUT2D eigenvalue weighted by atomic mass is 16.6. The molecular weight excluding hydrogens is 404 g/mol. The minimum absolute atomic E-state index is 0.0236. The zero-order chi connectivity index (χ0) is 22.4. The molecule has 2 aromatic carbocycles. The van der Waals surface area contributed by atoms with Gasteiger partial charge in [0.1, 0.15) is 5.60 Å². The summed E-state index contributed by atoms with van der Waals surface area (Å²) in [6, 6.07) is 22.9. The zero-order valence-corrected chi connectivity index (χ0v) is 17.9. The van der Waals surface area contributed by atoms with E-state index in [0.717, 1.165) is 36.9 Å². The van der Waals surface area contributed by atoms with E-state index < -0.39 is 10.5 Å². The number of piperidine rings is 1. The highest BCUT2D eigenvalue weighted by Crippen LogP contribution is 2.42. The lowest BCUT2D eigenvalue weighted by molar-refractivity contribution is -0.384. The average Bonchev–Trinajstić information content (AvgIpc) is 2.85. The molecule has 0 radical (unpaired) electrons. The number of rotatable bonds is 8. The Morgan fingerprint density at radius 1 is 1.06 bits per heavy atom. The van der Waals surface area contributed by atoms with Gasteiger partial charge in [0.2, 0.25) is 5.82 Å². The van der Waals surface area contributed by atoms with E-state index in [-0.39, 0.29) is 23.5 Å². The summed E-state index contributed by atoms with van der Waals surface area (Å²) < 4.78 is 0. The Morgan fingerprint density at radius 3 is 2.34 bits per heavy atom. The molecule has 1 fully saturated rings. The molecule has 7 nitrogen and oxygen atoms in total. The van der Waals surface area contributed by atoms with Gasteiger partial charge in [0.15, 0.2) is 0 Å². The second-order valence-electron chi connectivity index (χ2n) is 8.21. The SMILES string of the molecule is O=[N+]([O-])c1cccnc1NCCC1CC(C(O)(c2ccccc2)c2ccccc2)CCN1. The smallest absolute Gasteiger partial charge is 0.311 e. The summed E-state index contributed by atoms with van der Waals surface area (Å²) in [5, 5.41) is 29.9. The third kappa shape index (κ3) is 4.64. The van der Waals surface area contributed by atoms with Crippen molar-refractivity contribution in [1.29, 1.82) is 0 Å². The van der Waals surface area contributed by atoms with Crippen molar-refractivity contribution in [2.45, 2.75) is 30.9 Å². The summed E-state index contributed by atoms with van der Waals surface area (Å²) in [4.78, 5) is 14.9. The van der Waals surface area contributed by atoms with Gasteiger partial charge in [0.25, 0.3) is 0 Å². The van der Waals surface area contributed by atoms with E-state index in [1.807, 2.05) is 60.7 Å². The molecule has 0 saturated carbocycles. The highest BCUT2D eigenvalue weighted by molar-refractivity contribution is 5.55. The van der Waals surface area contributed by atoms with E-state index in [1.165, 1.54) is 6.07 Å². The van der Waals surface area contributed by atoms with Crippen LogP contribution in [0.5, 0.6) is 0 Å². The van der Waals surface area contributed by atoms with Crippen molar-refractivity contribution >= 4 is 11.5 Å². The van der Waals surface area contributed by atoms with Gasteiger partial charge in [-0.2, -0.15) is 0 Å². The summed E-state index contributed by atoms with van der Waals surface area (Å²) in [5.74, 6) is 0.331. The van der Waals surface area contributed by atoms with Gasteiger partial charge in [-0.05, 0) is 48.9 Å². The Labute approximate surface area is 187 Å². The van der Waals surface area contributed by atoms with Crippen molar-refractivity contribution < 1.29 is 10.0 Å². The number of nitrogens with one attached hydrogen (secondary N) is 2. The molecule has 2 heterocycles. The van der Waals surface area contributed by atoms with Gasteiger partial charge in [0, 0.05) is 24.8 Å². The van der Waals surface area contributed by atoms with Crippen LogP contribution in [0.1, 0.15) is 30.4 Å². The normalized spacial score (nSPS) is 18.8. The first kappa shape index (κ1) is 21.9. The van der Waals surface area contributed by atoms with Crippen molar-refractivity contribution in [3.05, 3.63) is 100 Å². The Balaban J connectivity index is 1.48. The van der Waals surface area contributed by atoms with Crippen LogP contribution in [0, 0.1) is 16.0 Å². The number of aliphatic hydroxyl groups is 1. The van der Waals surface area contributed by atoms with Crippen molar-refractivity contribution in [3.8, 4) is 0 Å². The van der Waals surface area contributed by atoms with Crippen molar-refractivity contribution in [1.82, 2.24) is 10.3 Å². The first-order valence-corrected chi connectivity index (χ1v) is 11.0. The lowest BCUT2D eigenvalue weighted by Gasteiger charge is -2.42. The molecule has 0 bridgehead atoms. The lowest BCUT2D eigenvalue weighted by atomic mass is 9.70. The van der Waals surface area contributed by atoms with Crippen LogP contribution in [0.2, 0.25) is 0 Å². The van der Waals surface area contributed by atoms with Crippen LogP contribution < -0.4 is 10.6 Å². The fraction of sp³-hybridized carbons (Fsp3) is 0.320. The topological polar surface area (TPSA) is 100 Å². The van der Waals surface area contributed by atoms with Gasteiger partial charge in [0.05, 0.1) is 4.92 Å². The van der Waals surface area contributed by atoms with Crippen molar-refractivity contribution in [2.24, 2.45) is 5.92 Å². The maximum Gasteiger partial charge on any atom is 0.311 e. The molecule has 1 aliphatic rings. The third-order valence-corrected chi connectivity index (χ3v) is 6.28. The van der Waals surface area contributed by atoms with Gasteiger partial charge in [-0.1, -0.05) is 60.7 Å². The van der Waals surface area contributed by atoms with Crippen LogP contribution in [0.3, 0.4) is 0 Å². The van der Waals surface area contributed by atoms with E-state index in [4.69, 9.17) is 0 Å². The van der Waals surface area contributed by atoms with Gasteiger partial charge in [-0.3, -0.25) is 10.1 Å². The molecule has 1 saturated heterocycles. The third-order valence-electron chi connectivity index (χ3n) is 6.28. The number of anilines is 1. The second-order valence-corrected chi connectivity index (χ2v) is 8.21. The summed E-state index contributed by atoms with van der Waals surface area (Å²) in [7, 11) is 0. The number of pyridine rings is 1. The van der Waals surface area contributed by atoms with Gasteiger partial charge < -0.3 is 15.7 Å². The maximum absolute atomic E-state index is 12.1. The summed E-state index contributed by atoms with van der Waals surface area (Å²) >= 11 is 0. The molecule has 4 rings (SSSR count). The van der Waals surface area contributed by atoms with E-state index in [1.54, 1.807) is 12.3 Å². The molecule has 0 spiro atoms. The van der Waals surface area contributed by atoms with Crippen LogP contribution >= 0.6 is 0 Å². The van der Waals surface area contributed by atoms with Crippen LogP contribution in [0.25, 0.3) is 0 Å². The second kappa shape index (κ2) is 9.89. The number of benzene rings is 2. The van der Waals surface area contributed by atoms with Crippen molar-refractivity contribution in [2.75, 3.05) is 18.4 Å². The quantitative estimate of drug-likeness (QED) is 0.366. The highest BCUT2D eigenvalue weighted by Gasteiger charge is 2.42. The minimum Gasteiger partial charge on any atom is -0.380 e. The lowest BCUT2D eigenvalue weighted by Crippen LogP contribution is -2.47. The van der Waals surface area contributed by atoms with Crippen molar-refractivity contribution in [3.63, 3.8) is 0 Å². The molecule has 166 valence electrons. The largest absolute Gasteiger partial charge is 0.380 e. The average molecular weight is 433 g/mol. The molecule has 1 aliphatic heterocycles. The molecule has 2 atom stereocenters. The van der Waals surface area contributed by atoms with Gasteiger partial charge in [-0.15, -0.1) is 0 Å². The zero-order valence-electron chi connectivity index (χ0n) is 17.9. The standard InChI is InChI=1S/C25H28N4O3/c30-25(19-8-3-1-4-9-19,20-10-5-2-6-11-20)21-13-16-26-22(18-21)14-17-28-24-23(29(31)32)12-7-15-27-24/h1-12,15,21-22,26,30H,13-14,16-18H2,(H,27,28). The maximum atomic E-state index is 12.1. The minimum atomic E-state index is -1.07.